The molecule has 0 radical (unpaired) electrons. The molecule has 0 aromatic rings. The van der Waals surface area contributed by atoms with Gasteiger partial charge in [-0.3, -0.25) is 0 Å². The number of hydrogen-bond acceptors (Lipinski definition) is 0. The molecule has 0 fully saturated rings. The lowest BCUT2D eigenvalue weighted by atomic mass is 10.2. The predicted molar refractivity (Wildman–Crippen MR) is 73.3 cm³/mol. The molecule has 0 amide bonds. The van der Waals surface area contributed by atoms with Gasteiger partial charge in [0.05, 0.1) is 0 Å². The van der Waals surface area contributed by atoms with Crippen molar-refractivity contribution in [3.8, 4) is 0 Å². The van der Waals surface area contributed by atoms with E-state index in [0.717, 1.165) is 0 Å². The predicted octanol–water partition coefficient (Wildman–Crippen LogP) is 5.12. The molecule has 0 N–H and O–H groups in total. The van der Waals surface area contributed by atoms with Gasteiger partial charge in [-0.15, -0.1) is 74.4 Å². The Kier molecular flexibility index (Phi) is 218. The highest BCUT2D eigenvalue weighted by molar-refractivity contribution is 5.86. The zero-order chi connectivity index (χ0) is 4.83. The molecule has 0 unspecified atom stereocenters. The average molecular weight is 305 g/mol. The number of unbranched alkanes of at least 4 members (excludes halogenated alkanes) is 3. The monoisotopic (exact) mass is 302 g/mol. The Labute approximate surface area is 113 Å². The Morgan fingerprint density at radius 1 is 0.500 bits per heavy atom. The van der Waals surface area contributed by atoms with Crippen LogP contribution in [0.25, 0.3) is 0 Å². The van der Waals surface area contributed by atoms with Gasteiger partial charge >= 0.3 is 0 Å². The van der Waals surface area contributed by atoms with Crippen LogP contribution >= 0.6 is 74.4 Å². The zero-order valence-electron chi connectivity index (χ0n) is 7.28. The van der Waals surface area contributed by atoms with Gasteiger partial charge < -0.3 is 0 Å². The second kappa shape index (κ2) is 53.3. The maximum atomic E-state index is 2.23. The smallest absolute Gasteiger partial charge is 0.0536 e. The summed E-state index contributed by atoms with van der Waals surface area (Å²) < 4.78 is 0. The third-order valence-electron chi connectivity index (χ3n) is 0.957. The second-order valence-corrected chi connectivity index (χ2v) is 1.71. The molecule has 0 bridgehead atoms. The van der Waals surface area contributed by atoms with Crippen molar-refractivity contribution in [2.24, 2.45) is 0 Å². The maximum absolute atomic E-state index is 2.23. The van der Waals surface area contributed by atoms with Crippen molar-refractivity contribution in [2.75, 3.05) is 0 Å². The summed E-state index contributed by atoms with van der Waals surface area (Å²) in [4.78, 5) is 0. The van der Waals surface area contributed by atoms with Gasteiger partial charge in [-0.1, -0.05) is 39.5 Å². The third kappa shape index (κ3) is 60.3. The summed E-state index contributed by atoms with van der Waals surface area (Å²) in [7, 11) is 0. The number of halogens is 6. The fourth-order valence-electron chi connectivity index (χ4n) is 0.500. The molecule has 12 heavy (non-hydrogen) atoms. The van der Waals surface area contributed by atoms with Crippen LogP contribution in [0, 0.1) is 0 Å². The minimum absolute atomic E-state index is 0. The molecule has 0 aliphatic heterocycles. The normalized spacial score (nSPS) is 4.50. The molecule has 0 saturated heterocycles. The van der Waals surface area contributed by atoms with Gasteiger partial charge in [0.1, 0.15) is 0 Å². The van der Waals surface area contributed by atoms with E-state index in [2.05, 4.69) is 13.8 Å². The maximum Gasteiger partial charge on any atom is -0.0536 e. The molecular weight excluding hydrogens is 285 g/mol. The molecule has 0 nitrogen and oxygen atoms in total. The van der Waals surface area contributed by atoms with Gasteiger partial charge in [0.15, 0.2) is 0 Å². The SMILES string of the molecule is CCCCCC.Cl.Cl.Cl.Cl.Cl.Cl. The molecule has 0 aromatic carbocycles. The quantitative estimate of drug-likeness (QED) is 0.635. The number of rotatable bonds is 3. The molecule has 6 heteroatoms. The molecule has 0 rings (SSSR count). The third-order valence-corrected chi connectivity index (χ3v) is 0.957. The van der Waals surface area contributed by atoms with Crippen LogP contribution in [0.5, 0.6) is 0 Å². The Morgan fingerprint density at radius 3 is 0.750 bits per heavy atom. The summed E-state index contributed by atoms with van der Waals surface area (Å²) in [5.74, 6) is 0. The van der Waals surface area contributed by atoms with Crippen LogP contribution in [0.1, 0.15) is 39.5 Å². The summed E-state index contributed by atoms with van der Waals surface area (Å²) in [6, 6.07) is 0. The van der Waals surface area contributed by atoms with Crippen molar-refractivity contribution in [3.63, 3.8) is 0 Å². The molecular formula is C6H20Cl6. The lowest BCUT2D eigenvalue weighted by molar-refractivity contribution is 0.702. The molecule has 0 aliphatic carbocycles. The minimum atomic E-state index is 0. The summed E-state index contributed by atoms with van der Waals surface area (Å²) in [5, 5.41) is 0. The largest absolute Gasteiger partial charge is 0.147 e. The molecule has 0 heterocycles. The minimum Gasteiger partial charge on any atom is -0.147 e. The van der Waals surface area contributed by atoms with Gasteiger partial charge in [-0.2, -0.15) is 0 Å². The van der Waals surface area contributed by atoms with E-state index in [1.54, 1.807) is 0 Å². The zero-order valence-corrected chi connectivity index (χ0v) is 12.2. The van der Waals surface area contributed by atoms with E-state index < -0.39 is 0 Å². The van der Waals surface area contributed by atoms with Crippen molar-refractivity contribution in [1.29, 1.82) is 0 Å². The van der Waals surface area contributed by atoms with Gasteiger partial charge in [0.25, 0.3) is 0 Å². The van der Waals surface area contributed by atoms with Crippen LogP contribution in [0.4, 0.5) is 0 Å². The van der Waals surface area contributed by atoms with Crippen molar-refractivity contribution < 1.29 is 0 Å². The lowest BCUT2D eigenvalue weighted by Crippen LogP contribution is -1.66. The first kappa shape index (κ1) is 49.1. The van der Waals surface area contributed by atoms with Crippen LogP contribution in [-0.2, 0) is 0 Å². The Bertz CT molecular complexity index is 24.0. The van der Waals surface area contributed by atoms with Crippen molar-refractivity contribution in [1.82, 2.24) is 0 Å². The molecule has 0 atom stereocenters. The molecule has 0 spiro atoms. The molecule has 0 aliphatic rings. The van der Waals surface area contributed by atoms with E-state index >= 15 is 0 Å². The van der Waals surface area contributed by atoms with Gasteiger partial charge in [-0.25, -0.2) is 0 Å². The Balaban J connectivity index is -0.00000000833. The Morgan fingerprint density at radius 2 is 0.667 bits per heavy atom. The first-order valence-electron chi connectivity index (χ1n) is 2.91. The fourth-order valence-corrected chi connectivity index (χ4v) is 0.500. The standard InChI is InChI=1S/C6H14.6ClH/c1-3-5-6-4-2;;;;;;/h3-6H2,1-2H3;6*1H. The highest BCUT2D eigenvalue weighted by Crippen LogP contribution is 1.95. The van der Waals surface area contributed by atoms with E-state index in [-0.39, 0.29) is 74.4 Å². The first-order valence-corrected chi connectivity index (χ1v) is 2.91. The fraction of sp³-hybridized carbons (Fsp3) is 1.00. The van der Waals surface area contributed by atoms with Crippen LogP contribution < -0.4 is 0 Å². The van der Waals surface area contributed by atoms with Crippen molar-refractivity contribution in [2.45, 2.75) is 39.5 Å². The second-order valence-electron chi connectivity index (χ2n) is 1.71. The van der Waals surface area contributed by atoms with Gasteiger partial charge in [0, 0.05) is 0 Å². The summed E-state index contributed by atoms with van der Waals surface area (Å²) in [6.07, 6.45) is 5.54. The van der Waals surface area contributed by atoms with E-state index in [0.29, 0.717) is 0 Å². The number of hydrogen-bond donors (Lipinski definition) is 0. The van der Waals surface area contributed by atoms with Crippen LogP contribution in [-0.4, -0.2) is 0 Å². The summed E-state index contributed by atoms with van der Waals surface area (Å²) in [5.41, 5.74) is 0. The molecule has 86 valence electrons. The van der Waals surface area contributed by atoms with E-state index in [9.17, 15) is 0 Å². The van der Waals surface area contributed by atoms with Gasteiger partial charge in [-0.05, 0) is 0 Å². The van der Waals surface area contributed by atoms with Crippen LogP contribution in [0.3, 0.4) is 0 Å². The highest BCUT2D eigenvalue weighted by Gasteiger charge is 1.75. The summed E-state index contributed by atoms with van der Waals surface area (Å²) >= 11 is 0. The topological polar surface area (TPSA) is 0 Å². The highest BCUT2D eigenvalue weighted by atomic mass is 35.5. The van der Waals surface area contributed by atoms with Crippen LogP contribution in [0.15, 0.2) is 0 Å². The molecule has 0 aromatic heterocycles. The first-order chi connectivity index (χ1) is 2.91. The van der Waals surface area contributed by atoms with E-state index in [1.807, 2.05) is 0 Å². The Hall–Kier alpha value is 1.74. The average Bonchev–Trinajstić information content (AvgIpc) is 1.61. The van der Waals surface area contributed by atoms with E-state index in [4.69, 9.17) is 0 Å². The van der Waals surface area contributed by atoms with Gasteiger partial charge in [0.2, 0.25) is 0 Å². The van der Waals surface area contributed by atoms with Crippen LogP contribution in [0.2, 0.25) is 0 Å². The molecule has 0 saturated carbocycles. The van der Waals surface area contributed by atoms with Crippen molar-refractivity contribution in [3.05, 3.63) is 0 Å². The summed E-state index contributed by atoms with van der Waals surface area (Å²) in [6.45, 7) is 4.46. The van der Waals surface area contributed by atoms with Crippen molar-refractivity contribution >= 4 is 74.4 Å². The van der Waals surface area contributed by atoms with E-state index in [1.165, 1.54) is 25.7 Å². The lowest BCUT2D eigenvalue weighted by Gasteiger charge is -1.86.